The van der Waals surface area contributed by atoms with Crippen LogP contribution in [0, 0.1) is 16.7 Å². The Kier molecular flexibility index (Phi) is 4.95. The van der Waals surface area contributed by atoms with Gasteiger partial charge in [0.15, 0.2) is 5.78 Å². The number of aromatic nitrogens is 3. The van der Waals surface area contributed by atoms with Gasteiger partial charge in [0, 0.05) is 31.8 Å². The zero-order valence-corrected chi connectivity index (χ0v) is 15.8. The number of pyridine rings is 1. The Morgan fingerprint density at radius 3 is 2.54 bits per heavy atom. The first kappa shape index (κ1) is 18.4. The van der Waals surface area contributed by atoms with E-state index in [0.29, 0.717) is 11.1 Å². The fourth-order valence-corrected chi connectivity index (χ4v) is 4.15. The molecule has 2 aromatic rings. The summed E-state index contributed by atoms with van der Waals surface area (Å²) in [7, 11) is 0. The van der Waals surface area contributed by atoms with Crippen molar-refractivity contribution in [3.05, 3.63) is 52.1 Å². The molecule has 0 amide bonds. The van der Waals surface area contributed by atoms with E-state index in [0.717, 1.165) is 24.5 Å². The molecule has 7 heteroatoms. The maximum atomic E-state index is 12.4. The standard InChI is InChI=1S/C21H23N5O2/c22-13-17-3-2-16(14-23-17)12-18(27)15-26-20(28)5-4-19(24-26)25-10-8-21(9-11-25)6-1-7-21/h2-5,14H,1,6-12,15H2. The van der Waals surface area contributed by atoms with E-state index in [-0.39, 0.29) is 24.3 Å². The largest absolute Gasteiger partial charge is 0.355 e. The van der Waals surface area contributed by atoms with Crippen LogP contribution in [0.3, 0.4) is 0 Å². The lowest BCUT2D eigenvalue weighted by Gasteiger charge is -2.48. The second-order valence-electron chi connectivity index (χ2n) is 7.91. The van der Waals surface area contributed by atoms with Crippen LogP contribution in [-0.4, -0.2) is 33.6 Å². The minimum atomic E-state index is -0.275. The molecule has 0 unspecified atom stereocenters. The van der Waals surface area contributed by atoms with Gasteiger partial charge in [0.1, 0.15) is 24.1 Å². The second kappa shape index (κ2) is 7.55. The minimum absolute atomic E-state index is 0.0650. The van der Waals surface area contributed by atoms with E-state index in [1.165, 1.54) is 49.0 Å². The Morgan fingerprint density at radius 1 is 1.14 bits per heavy atom. The Bertz CT molecular complexity index is 960. The Balaban J connectivity index is 1.41. The second-order valence-corrected chi connectivity index (χ2v) is 7.91. The van der Waals surface area contributed by atoms with Crippen molar-refractivity contribution in [2.45, 2.75) is 45.1 Å². The molecule has 2 fully saturated rings. The highest BCUT2D eigenvalue weighted by Gasteiger charge is 2.39. The van der Waals surface area contributed by atoms with E-state index in [9.17, 15) is 9.59 Å². The number of carbonyl (C=O) groups is 1. The molecule has 144 valence electrons. The van der Waals surface area contributed by atoms with Crippen molar-refractivity contribution in [2.24, 2.45) is 5.41 Å². The van der Waals surface area contributed by atoms with Gasteiger partial charge in [0.2, 0.25) is 0 Å². The Hall–Kier alpha value is -3.01. The maximum absolute atomic E-state index is 12.4. The molecule has 2 aliphatic rings. The zero-order valence-electron chi connectivity index (χ0n) is 15.8. The van der Waals surface area contributed by atoms with Crippen LogP contribution in [0.4, 0.5) is 5.82 Å². The average molecular weight is 377 g/mol. The molecule has 0 N–H and O–H groups in total. The third kappa shape index (κ3) is 3.81. The number of carbonyl (C=O) groups excluding carboxylic acids is 1. The topological polar surface area (TPSA) is 91.9 Å². The highest BCUT2D eigenvalue weighted by Crippen LogP contribution is 2.49. The van der Waals surface area contributed by atoms with Crippen LogP contribution in [0.5, 0.6) is 0 Å². The number of nitrogens with zero attached hydrogens (tertiary/aromatic N) is 5. The summed E-state index contributed by atoms with van der Waals surface area (Å²) in [5, 5.41) is 13.2. The summed E-state index contributed by atoms with van der Waals surface area (Å²) < 4.78 is 1.25. The SMILES string of the molecule is N#Cc1ccc(CC(=O)Cn2nc(N3CCC4(CCC4)CC3)ccc2=O)cn1. The quantitative estimate of drug-likeness (QED) is 0.792. The molecule has 0 radical (unpaired) electrons. The number of piperidine rings is 1. The van der Waals surface area contributed by atoms with E-state index in [4.69, 9.17) is 5.26 Å². The first-order valence-electron chi connectivity index (χ1n) is 9.77. The predicted octanol–water partition coefficient (Wildman–Crippen LogP) is 2.09. The van der Waals surface area contributed by atoms with Crippen molar-refractivity contribution < 1.29 is 4.79 Å². The maximum Gasteiger partial charge on any atom is 0.267 e. The van der Waals surface area contributed by atoms with Gasteiger partial charge < -0.3 is 4.90 Å². The first-order chi connectivity index (χ1) is 13.6. The van der Waals surface area contributed by atoms with Gasteiger partial charge in [-0.05, 0) is 48.8 Å². The molecule has 0 bridgehead atoms. The van der Waals surface area contributed by atoms with Crippen molar-refractivity contribution in [1.82, 2.24) is 14.8 Å². The van der Waals surface area contributed by atoms with Crippen LogP contribution in [0.15, 0.2) is 35.3 Å². The summed E-state index contributed by atoms with van der Waals surface area (Å²) in [5.41, 5.74) is 1.31. The lowest BCUT2D eigenvalue weighted by Crippen LogP contribution is -2.44. The van der Waals surface area contributed by atoms with Gasteiger partial charge in [-0.15, -0.1) is 0 Å². The van der Waals surface area contributed by atoms with Crippen molar-refractivity contribution in [2.75, 3.05) is 18.0 Å². The van der Waals surface area contributed by atoms with Crippen LogP contribution in [0.1, 0.15) is 43.4 Å². The monoisotopic (exact) mass is 377 g/mol. The zero-order chi connectivity index (χ0) is 19.6. The Labute approximate surface area is 163 Å². The lowest BCUT2D eigenvalue weighted by molar-refractivity contribution is -0.119. The molecular formula is C21H23N5O2. The van der Waals surface area contributed by atoms with Gasteiger partial charge in [0.05, 0.1) is 0 Å². The summed E-state index contributed by atoms with van der Waals surface area (Å²) in [4.78, 5) is 30.8. The minimum Gasteiger partial charge on any atom is -0.355 e. The van der Waals surface area contributed by atoms with E-state index in [1.807, 2.05) is 6.07 Å². The molecular weight excluding hydrogens is 354 g/mol. The number of rotatable bonds is 5. The van der Waals surface area contributed by atoms with Gasteiger partial charge >= 0.3 is 0 Å². The van der Waals surface area contributed by atoms with E-state index in [2.05, 4.69) is 15.0 Å². The van der Waals surface area contributed by atoms with E-state index >= 15 is 0 Å². The number of anilines is 1. The molecule has 7 nitrogen and oxygen atoms in total. The molecule has 1 saturated heterocycles. The third-order valence-electron chi connectivity index (χ3n) is 6.08. The van der Waals surface area contributed by atoms with Crippen LogP contribution < -0.4 is 10.5 Å². The highest BCUT2D eigenvalue weighted by molar-refractivity contribution is 5.80. The molecule has 0 aromatic carbocycles. The molecule has 1 spiro atoms. The smallest absolute Gasteiger partial charge is 0.267 e. The fraction of sp³-hybridized carbons (Fsp3) is 0.476. The summed E-state index contributed by atoms with van der Waals surface area (Å²) in [6.07, 6.45) is 8.06. The number of hydrogen-bond acceptors (Lipinski definition) is 6. The number of hydrogen-bond donors (Lipinski definition) is 0. The Morgan fingerprint density at radius 2 is 1.93 bits per heavy atom. The van der Waals surface area contributed by atoms with Crippen LogP contribution in [0.2, 0.25) is 0 Å². The van der Waals surface area contributed by atoms with Crippen molar-refractivity contribution in [3.8, 4) is 6.07 Å². The average Bonchev–Trinajstić information content (AvgIpc) is 2.69. The van der Waals surface area contributed by atoms with E-state index in [1.54, 1.807) is 18.2 Å². The number of nitriles is 1. The number of Topliss-reactive ketones (excluding diaryl/α,β-unsaturated/α-hetero) is 1. The van der Waals surface area contributed by atoms with Crippen LogP contribution in [-0.2, 0) is 17.8 Å². The van der Waals surface area contributed by atoms with Gasteiger partial charge in [-0.25, -0.2) is 9.67 Å². The summed E-state index contributed by atoms with van der Waals surface area (Å²) in [5.74, 6) is 0.645. The summed E-state index contributed by atoms with van der Waals surface area (Å²) in [6.45, 7) is 1.84. The summed E-state index contributed by atoms with van der Waals surface area (Å²) in [6, 6.07) is 8.49. The fourth-order valence-electron chi connectivity index (χ4n) is 4.15. The van der Waals surface area contributed by atoms with Gasteiger partial charge in [-0.3, -0.25) is 9.59 Å². The third-order valence-corrected chi connectivity index (χ3v) is 6.08. The first-order valence-corrected chi connectivity index (χ1v) is 9.77. The molecule has 28 heavy (non-hydrogen) atoms. The lowest BCUT2D eigenvalue weighted by atomic mass is 9.63. The van der Waals surface area contributed by atoms with Crippen LogP contribution in [0.25, 0.3) is 0 Å². The van der Waals surface area contributed by atoms with Gasteiger partial charge in [-0.1, -0.05) is 12.5 Å². The molecule has 0 atom stereocenters. The number of ketones is 1. The van der Waals surface area contributed by atoms with E-state index < -0.39 is 0 Å². The van der Waals surface area contributed by atoms with Gasteiger partial charge in [-0.2, -0.15) is 10.4 Å². The van der Waals surface area contributed by atoms with Crippen molar-refractivity contribution in [3.63, 3.8) is 0 Å². The highest BCUT2D eigenvalue weighted by atomic mass is 16.1. The molecule has 2 aromatic heterocycles. The molecule has 4 rings (SSSR count). The van der Waals surface area contributed by atoms with Crippen molar-refractivity contribution >= 4 is 11.6 Å². The molecule has 1 aliphatic carbocycles. The van der Waals surface area contributed by atoms with Crippen LogP contribution >= 0.6 is 0 Å². The van der Waals surface area contributed by atoms with Gasteiger partial charge in [0.25, 0.3) is 5.56 Å². The van der Waals surface area contributed by atoms with Crippen molar-refractivity contribution in [1.29, 1.82) is 5.26 Å². The normalized spacial score (nSPS) is 17.8. The summed E-state index contributed by atoms with van der Waals surface area (Å²) >= 11 is 0. The molecule has 1 saturated carbocycles. The predicted molar refractivity (Wildman–Crippen MR) is 104 cm³/mol. The molecule has 3 heterocycles. The molecule has 1 aliphatic heterocycles.